The van der Waals surface area contributed by atoms with Crippen molar-refractivity contribution >= 4 is 55.8 Å². The Morgan fingerprint density at radius 2 is 0.735 bits per heavy atom. The van der Waals surface area contributed by atoms with E-state index in [0.717, 1.165) is 33.9 Å². The molecule has 0 bridgehead atoms. The summed E-state index contributed by atoms with van der Waals surface area (Å²) < 4.78 is 4.60. The molecule has 0 saturated carbocycles. The second-order valence-corrected chi connectivity index (χ2v) is 11.7. The van der Waals surface area contributed by atoms with Gasteiger partial charge in [0.1, 0.15) is 0 Å². The number of nitrogens with zero attached hydrogens (tertiary/aromatic N) is 4. The number of aromatic nitrogens is 4. The van der Waals surface area contributed by atoms with Crippen LogP contribution in [0.4, 0.5) is 0 Å². The molecule has 0 atom stereocenters. The normalized spacial score (nSPS) is 11.8. The van der Waals surface area contributed by atoms with Gasteiger partial charge in [-0.3, -0.25) is 0 Å². The molecule has 4 aromatic heterocycles. The zero-order chi connectivity index (χ0) is 31.9. The van der Waals surface area contributed by atoms with Crippen LogP contribution in [0.25, 0.3) is 67.1 Å². The van der Waals surface area contributed by atoms with Gasteiger partial charge in [-0.05, 0) is 47.8 Å². The molecule has 49 heavy (non-hydrogen) atoms. The van der Waals surface area contributed by atoms with Crippen LogP contribution in [0.3, 0.4) is 0 Å². The largest absolute Gasteiger partial charge is 2.00 e. The maximum absolute atomic E-state index is 4.65. The van der Waals surface area contributed by atoms with E-state index in [1.54, 1.807) is 0 Å². The number of rotatable bonds is 6. The molecule has 0 fully saturated rings. The van der Waals surface area contributed by atoms with Gasteiger partial charge in [0.15, 0.2) is 0 Å². The molecular weight excluding hydrogens is 691 g/mol. The Balaban J connectivity index is 0.00000348. The Hall–Kier alpha value is -5.86. The fourth-order valence-corrected chi connectivity index (χ4v) is 6.75. The molecule has 0 aliphatic heterocycles. The van der Waals surface area contributed by atoms with Crippen molar-refractivity contribution in [2.45, 2.75) is 0 Å². The molecule has 4 heterocycles. The molecule has 4 nitrogen and oxygen atoms in total. The van der Waals surface area contributed by atoms with E-state index in [-0.39, 0.29) is 20.4 Å². The van der Waals surface area contributed by atoms with Crippen molar-refractivity contribution in [3.63, 3.8) is 0 Å². The average Bonchev–Trinajstić information content (AvgIpc) is 3.67. The molecule has 0 radical (unpaired) electrons. The van der Waals surface area contributed by atoms with E-state index in [4.69, 9.17) is 0 Å². The fraction of sp³-hybridized carbons (Fsp3) is 0. The van der Waals surface area contributed by atoms with Crippen molar-refractivity contribution in [1.82, 2.24) is 19.1 Å². The van der Waals surface area contributed by atoms with Crippen LogP contribution in [0.5, 0.6) is 0 Å². The number of hydrogen-bond donors (Lipinski definition) is 0. The summed E-state index contributed by atoms with van der Waals surface area (Å²) >= 11 is 0. The minimum atomic E-state index is 0. The Labute approximate surface area is 298 Å². The third-order valence-electron chi connectivity index (χ3n) is 8.88. The first kappa shape index (κ1) is 30.5. The van der Waals surface area contributed by atoms with Crippen molar-refractivity contribution in [2.24, 2.45) is 0 Å². The molecule has 5 heteroatoms. The van der Waals surface area contributed by atoms with Crippen LogP contribution in [-0.2, 0) is 20.4 Å². The van der Waals surface area contributed by atoms with Gasteiger partial charge in [-0.1, -0.05) is 84.9 Å². The first-order valence-corrected chi connectivity index (χ1v) is 16.0. The minimum Gasteiger partial charge on any atom is -0.310 e. The second-order valence-electron chi connectivity index (χ2n) is 11.7. The van der Waals surface area contributed by atoms with Crippen molar-refractivity contribution < 1.29 is 20.4 Å². The maximum Gasteiger partial charge on any atom is 2.00 e. The Morgan fingerprint density at radius 3 is 1.10 bits per heavy atom. The molecule has 234 valence electrons. The first-order chi connectivity index (χ1) is 23.8. The molecule has 0 aliphatic carbocycles. The van der Waals surface area contributed by atoms with E-state index in [0.29, 0.717) is 0 Å². The number of hydrogen-bond acceptors (Lipinski definition) is 2. The molecule has 9 aromatic rings. The first-order valence-electron chi connectivity index (χ1n) is 16.0. The van der Waals surface area contributed by atoms with Crippen LogP contribution in [0, 0.1) is 12.2 Å². The predicted molar refractivity (Wildman–Crippen MR) is 197 cm³/mol. The van der Waals surface area contributed by atoms with Crippen LogP contribution in [0.2, 0.25) is 0 Å². The van der Waals surface area contributed by atoms with Gasteiger partial charge in [0.05, 0.1) is 22.1 Å². The monoisotopic (exact) mass is 718 g/mol. The summed E-state index contributed by atoms with van der Waals surface area (Å²) in [6, 6.07) is 50.6. The van der Waals surface area contributed by atoms with Crippen LogP contribution in [-0.4, -0.2) is 19.1 Å². The summed E-state index contributed by atoms with van der Waals surface area (Å²) in [5.41, 5.74) is 10.3. The van der Waals surface area contributed by atoms with Crippen LogP contribution in [0.15, 0.2) is 158 Å². The quantitative estimate of drug-likeness (QED) is 0.127. The third-order valence-corrected chi connectivity index (χ3v) is 8.88. The Morgan fingerprint density at radius 1 is 0.408 bits per heavy atom. The van der Waals surface area contributed by atoms with E-state index >= 15 is 0 Å². The van der Waals surface area contributed by atoms with Crippen molar-refractivity contribution in [2.75, 3.05) is 0 Å². The molecule has 0 amide bonds. The summed E-state index contributed by atoms with van der Waals surface area (Å²) in [7, 11) is 0. The smallest absolute Gasteiger partial charge is 0.310 e. The molecular formula is C44H28N4Pd. The number of benzene rings is 5. The zero-order valence-corrected chi connectivity index (χ0v) is 27.8. The van der Waals surface area contributed by atoms with E-state index in [1.165, 1.54) is 43.6 Å². The van der Waals surface area contributed by atoms with Gasteiger partial charge in [-0.25, -0.2) is 11.1 Å². The van der Waals surface area contributed by atoms with Crippen LogP contribution in [0.1, 0.15) is 22.5 Å². The van der Waals surface area contributed by atoms with Crippen molar-refractivity contribution in [3.05, 3.63) is 193 Å². The maximum atomic E-state index is 4.65. The Kier molecular flexibility index (Phi) is 8.07. The number of pyridine rings is 2. The summed E-state index contributed by atoms with van der Waals surface area (Å²) in [6.07, 6.45) is 14.6. The summed E-state index contributed by atoms with van der Waals surface area (Å²) in [6.45, 7) is 0. The van der Waals surface area contributed by atoms with Gasteiger partial charge in [0.2, 0.25) is 0 Å². The van der Waals surface area contributed by atoms with Crippen molar-refractivity contribution in [3.8, 4) is 11.4 Å². The fourth-order valence-electron chi connectivity index (χ4n) is 6.75. The molecule has 0 spiro atoms. The van der Waals surface area contributed by atoms with Crippen LogP contribution >= 0.6 is 0 Å². The standard InChI is InChI=1S/C44H28N4.Pd/c1-2-12-32(22-24-34-30-36(26-28-46-34)48-43-19-9-5-15-39(43)40-16-6-10-20-44(40)48)31(11-1)21-23-33-29-35(25-27-45-33)47-41-17-7-3-13-37(41)38-14-4-8-18-42(38)47;/h1-20,23-30H;/q-2;+2. The van der Waals surface area contributed by atoms with Gasteiger partial charge in [-0.15, -0.1) is 24.3 Å². The van der Waals surface area contributed by atoms with Gasteiger partial charge in [0.25, 0.3) is 0 Å². The molecule has 0 N–H and O–H groups in total. The molecule has 0 unspecified atom stereocenters. The average molecular weight is 719 g/mol. The van der Waals surface area contributed by atoms with Gasteiger partial charge >= 0.3 is 20.4 Å². The van der Waals surface area contributed by atoms with Gasteiger partial charge in [-0.2, -0.15) is 24.3 Å². The second kappa shape index (κ2) is 13.0. The van der Waals surface area contributed by atoms with E-state index < -0.39 is 0 Å². The summed E-state index contributed by atoms with van der Waals surface area (Å²) in [5.74, 6) is 0. The summed E-state index contributed by atoms with van der Waals surface area (Å²) in [4.78, 5) is 9.31. The molecule has 0 aliphatic rings. The topological polar surface area (TPSA) is 35.6 Å². The predicted octanol–water partition coefficient (Wildman–Crippen LogP) is 10.4. The van der Waals surface area contributed by atoms with Crippen molar-refractivity contribution in [1.29, 1.82) is 0 Å². The summed E-state index contributed by atoms with van der Waals surface area (Å²) in [5, 5.41) is 4.94. The number of para-hydroxylation sites is 4. The third kappa shape index (κ3) is 5.50. The van der Waals surface area contributed by atoms with Gasteiger partial charge < -0.3 is 19.1 Å². The Bertz CT molecular complexity index is 2400. The van der Waals surface area contributed by atoms with E-state index in [9.17, 15) is 0 Å². The van der Waals surface area contributed by atoms with Gasteiger partial charge in [0, 0.05) is 45.3 Å². The molecule has 5 aromatic carbocycles. The van der Waals surface area contributed by atoms with Crippen LogP contribution < -0.4 is 0 Å². The van der Waals surface area contributed by atoms with E-state index in [2.05, 4.69) is 153 Å². The zero-order valence-electron chi connectivity index (χ0n) is 26.3. The molecule has 0 saturated heterocycles. The SMILES string of the molecule is [C-](=Cc1cc(-n2c3ccccc3c3ccccc32)ccn1)c1ccccc1[C-]=Cc1cc(-n2c3ccccc3c3ccccc32)ccn1.[Pd+2]. The number of fused-ring (bicyclic) bond motifs is 6. The molecule has 9 rings (SSSR count). The van der Waals surface area contributed by atoms with E-state index in [1.807, 2.05) is 48.8 Å². The minimum absolute atomic E-state index is 0.